The molecule has 0 aliphatic heterocycles. The maximum Gasteiger partial charge on any atom is 0.147 e. The molecule has 1 atom stereocenters. The van der Waals surface area contributed by atoms with Gasteiger partial charge in [-0.3, -0.25) is 0 Å². The third kappa shape index (κ3) is 3.38. The molecule has 0 spiro atoms. The summed E-state index contributed by atoms with van der Waals surface area (Å²) in [4.78, 5) is 6.43. The molecule has 0 N–H and O–H groups in total. The fourth-order valence-corrected chi connectivity index (χ4v) is 2.55. The number of nitrogens with zero attached hydrogens (tertiary/aromatic N) is 2. The van der Waals surface area contributed by atoms with Crippen LogP contribution in [0.25, 0.3) is 0 Å². The Bertz CT molecular complexity index is 584. The molecule has 5 heteroatoms. The fourth-order valence-electron chi connectivity index (χ4n) is 1.95. The summed E-state index contributed by atoms with van der Waals surface area (Å²) < 4.78 is 0. The summed E-state index contributed by atoms with van der Waals surface area (Å²) in [6.07, 6.45) is 1.75. The first-order chi connectivity index (χ1) is 9.52. The first-order valence-corrected chi connectivity index (χ1v) is 7.50. The quantitative estimate of drug-likeness (QED) is 0.705. The van der Waals surface area contributed by atoms with E-state index in [1.54, 1.807) is 6.20 Å². The highest BCUT2D eigenvalue weighted by Gasteiger charge is 2.16. The Labute approximate surface area is 134 Å². The van der Waals surface area contributed by atoms with Gasteiger partial charge in [0.1, 0.15) is 5.82 Å². The maximum atomic E-state index is 6.28. The number of pyridine rings is 1. The lowest BCUT2D eigenvalue weighted by molar-refractivity contribution is 0.728. The minimum atomic E-state index is 0.138. The summed E-state index contributed by atoms with van der Waals surface area (Å²) in [6, 6.07) is 9.76. The van der Waals surface area contributed by atoms with Crippen molar-refractivity contribution in [2.75, 3.05) is 11.9 Å². The summed E-state index contributed by atoms with van der Waals surface area (Å²) >= 11 is 18.0. The number of hydrogen-bond donors (Lipinski definition) is 0. The van der Waals surface area contributed by atoms with Gasteiger partial charge in [0.2, 0.25) is 0 Å². The predicted octanol–water partition coefficient (Wildman–Crippen LogP) is 5.32. The van der Waals surface area contributed by atoms with Crippen molar-refractivity contribution in [1.82, 2.24) is 4.98 Å². The lowest BCUT2D eigenvalue weighted by Crippen LogP contribution is -2.23. The molecule has 2 aromatic rings. The van der Waals surface area contributed by atoms with Crippen LogP contribution >= 0.6 is 34.8 Å². The second-order valence-electron chi connectivity index (χ2n) is 4.62. The van der Waals surface area contributed by atoms with Crippen LogP contribution in [0.5, 0.6) is 0 Å². The van der Waals surface area contributed by atoms with Crippen molar-refractivity contribution in [3.63, 3.8) is 0 Å². The smallest absolute Gasteiger partial charge is 0.147 e. The van der Waals surface area contributed by atoms with Crippen molar-refractivity contribution < 1.29 is 0 Å². The molecule has 0 amide bonds. The highest BCUT2D eigenvalue weighted by Crippen LogP contribution is 2.30. The van der Waals surface area contributed by atoms with Crippen molar-refractivity contribution in [3.8, 4) is 0 Å². The van der Waals surface area contributed by atoms with Crippen LogP contribution in [0.15, 0.2) is 36.5 Å². The van der Waals surface area contributed by atoms with E-state index < -0.39 is 0 Å². The van der Waals surface area contributed by atoms with Crippen molar-refractivity contribution in [2.24, 2.45) is 0 Å². The van der Waals surface area contributed by atoms with Gasteiger partial charge < -0.3 is 4.90 Å². The Morgan fingerprint density at radius 2 is 1.85 bits per heavy atom. The highest BCUT2D eigenvalue weighted by atomic mass is 35.5. The molecule has 0 saturated carbocycles. The van der Waals surface area contributed by atoms with Crippen molar-refractivity contribution in [2.45, 2.75) is 18.8 Å². The SMILES string of the molecule is CC(c1ccc(Cl)cc1)N(C)c1ncc(CCl)cc1Cl. The van der Waals surface area contributed by atoms with Crippen molar-refractivity contribution in [1.29, 1.82) is 0 Å². The van der Waals surface area contributed by atoms with Crippen LogP contribution < -0.4 is 4.90 Å². The van der Waals surface area contributed by atoms with Gasteiger partial charge in [-0.1, -0.05) is 35.3 Å². The molecule has 0 aliphatic rings. The van der Waals surface area contributed by atoms with E-state index in [2.05, 4.69) is 11.9 Å². The molecular weight excluding hydrogens is 315 g/mol. The Morgan fingerprint density at radius 1 is 1.20 bits per heavy atom. The van der Waals surface area contributed by atoms with Gasteiger partial charge in [0, 0.05) is 24.1 Å². The molecule has 1 aromatic heterocycles. The average molecular weight is 330 g/mol. The summed E-state index contributed by atoms with van der Waals surface area (Å²) in [5.41, 5.74) is 2.06. The van der Waals surface area contributed by atoms with Gasteiger partial charge in [-0.2, -0.15) is 0 Å². The second kappa shape index (κ2) is 6.66. The summed E-state index contributed by atoms with van der Waals surface area (Å²) in [5, 5.41) is 1.33. The zero-order valence-corrected chi connectivity index (χ0v) is 13.5. The second-order valence-corrected chi connectivity index (χ2v) is 5.73. The van der Waals surface area contributed by atoms with Gasteiger partial charge >= 0.3 is 0 Å². The molecule has 0 fully saturated rings. The normalized spacial score (nSPS) is 12.2. The molecule has 0 aliphatic carbocycles. The van der Waals surface area contributed by atoms with E-state index >= 15 is 0 Å². The number of anilines is 1. The molecule has 106 valence electrons. The molecular formula is C15H15Cl3N2. The number of benzene rings is 1. The molecule has 1 aromatic carbocycles. The summed E-state index contributed by atoms with van der Waals surface area (Å²) in [5.74, 6) is 1.15. The van der Waals surface area contributed by atoms with E-state index in [1.807, 2.05) is 42.3 Å². The van der Waals surface area contributed by atoms with Gasteiger partial charge in [0.15, 0.2) is 0 Å². The Balaban J connectivity index is 2.26. The lowest BCUT2D eigenvalue weighted by Gasteiger charge is -2.27. The van der Waals surface area contributed by atoms with Crippen LogP contribution in [0.1, 0.15) is 24.1 Å². The molecule has 0 radical (unpaired) electrons. The topological polar surface area (TPSA) is 16.1 Å². The van der Waals surface area contributed by atoms with Crippen LogP contribution in [0.2, 0.25) is 10.0 Å². The van der Waals surface area contributed by atoms with Gasteiger partial charge in [-0.05, 0) is 36.2 Å². The van der Waals surface area contributed by atoms with E-state index in [4.69, 9.17) is 34.8 Å². The number of aromatic nitrogens is 1. The van der Waals surface area contributed by atoms with Gasteiger partial charge in [-0.25, -0.2) is 4.98 Å². The number of rotatable bonds is 4. The van der Waals surface area contributed by atoms with E-state index in [0.717, 1.165) is 22.0 Å². The first-order valence-electron chi connectivity index (χ1n) is 6.21. The van der Waals surface area contributed by atoms with E-state index in [1.165, 1.54) is 0 Å². The Kier molecular flexibility index (Phi) is 5.14. The fraction of sp³-hybridized carbons (Fsp3) is 0.267. The highest BCUT2D eigenvalue weighted by molar-refractivity contribution is 6.33. The van der Waals surface area contributed by atoms with Crippen LogP contribution in [-0.2, 0) is 5.88 Å². The standard InChI is InChI=1S/C15H15Cl3N2/c1-10(12-3-5-13(17)6-4-12)20(2)15-14(18)7-11(8-16)9-19-15/h3-7,9-10H,8H2,1-2H3. The molecule has 0 saturated heterocycles. The first kappa shape index (κ1) is 15.4. The lowest BCUT2D eigenvalue weighted by atomic mass is 10.1. The largest absolute Gasteiger partial charge is 0.352 e. The van der Waals surface area contributed by atoms with E-state index in [0.29, 0.717) is 10.9 Å². The molecule has 2 rings (SSSR count). The van der Waals surface area contributed by atoms with Crippen LogP contribution in [0.3, 0.4) is 0 Å². The minimum Gasteiger partial charge on any atom is -0.352 e. The summed E-state index contributed by atoms with van der Waals surface area (Å²) in [6.45, 7) is 2.09. The monoisotopic (exact) mass is 328 g/mol. The van der Waals surface area contributed by atoms with Crippen LogP contribution in [0, 0.1) is 0 Å². The average Bonchev–Trinajstić information content (AvgIpc) is 2.46. The van der Waals surface area contributed by atoms with Crippen molar-refractivity contribution in [3.05, 3.63) is 57.7 Å². The predicted molar refractivity (Wildman–Crippen MR) is 87.1 cm³/mol. The molecule has 1 heterocycles. The van der Waals surface area contributed by atoms with Gasteiger partial charge in [0.05, 0.1) is 11.1 Å². The van der Waals surface area contributed by atoms with E-state index in [-0.39, 0.29) is 6.04 Å². The zero-order valence-electron chi connectivity index (χ0n) is 11.3. The number of alkyl halides is 1. The van der Waals surface area contributed by atoms with Crippen molar-refractivity contribution >= 4 is 40.6 Å². The zero-order chi connectivity index (χ0) is 14.7. The van der Waals surface area contributed by atoms with Gasteiger partial charge in [0.25, 0.3) is 0 Å². The minimum absolute atomic E-state index is 0.138. The van der Waals surface area contributed by atoms with Crippen LogP contribution in [0.4, 0.5) is 5.82 Å². The molecule has 2 nitrogen and oxygen atoms in total. The molecule has 20 heavy (non-hydrogen) atoms. The van der Waals surface area contributed by atoms with Crippen LogP contribution in [-0.4, -0.2) is 12.0 Å². The summed E-state index contributed by atoms with van der Waals surface area (Å²) in [7, 11) is 1.97. The Hall–Kier alpha value is -0.960. The van der Waals surface area contributed by atoms with Gasteiger partial charge in [-0.15, -0.1) is 11.6 Å². The molecule has 0 bridgehead atoms. The third-order valence-corrected chi connectivity index (χ3v) is 4.14. The third-order valence-electron chi connectivity index (χ3n) is 3.30. The number of halogens is 3. The van der Waals surface area contributed by atoms with E-state index in [9.17, 15) is 0 Å². The molecule has 1 unspecified atom stereocenters. The maximum absolute atomic E-state index is 6.28. The Morgan fingerprint density at radius 3 is 2.40 bits per heavy atom. The number of hydrogen-bond acceptors (Lipinski definition) is 2.